The third kappa shape index (κ3) is 5.63. The number of hydrogen-bond acceptors (Lipinski definition) is 11. The maximum absolute atomic E-state index is 12.5. The van der Waals surface area contributed by atoms with Crippen molar-refractivity contribution in [1.82, 2.24) is 30.6 Å². The van der Waals surface area contributed by atoms with Crippen LogP contribution in [0.15, 0.2) is 16.7 Å². The first kappa shape index (κ1) is 26.2. The van der Waals surface area contributed by atoms with E-state index in [1.54, 1.807) is 6.92 Å². The molecule has 0 saturated heterocycles. The van der Waals surface area contributed by atoms with Gasteiger partial charge in [-0.15, -0.1) is 0 Å². The highest BCUT2D eigenvalue weighted by Gasteiger charge is 2.25. The number of carbonyl (C=O) groups excluding carboxylic acids is 2. The largest absolute Gasteiger partial charge is 0.493 e. The third-order valence-corrected chi connectivity index (χ3v) is 5.31. The Morgan fingerprint density at radius 3 is 2.25 bits per heavy atom. The lowest BCUT2D eigenvalue weighted by Gasteiger charge is -2.14. The van der Waals surface area contributed by atoms with Crippen LogP contribution in [0.3, 0.4) is 0 Å². The summed E-state index contributed by atoms with van der Waals surface area (Å²) in [6.07, 6.45) is 0. The molecule has 3 rings (SSSR count). The second-order valence-corrected chi connectivity index (χ2v) is 7.46. The molecular weight excluding hydrogens is 502 g/mol. The summed E-state index contributed by atoms with van der Waals surface area (Å²) in [6, 6.07) is 3.00. The second kappa shape index (κ2) is 11.4. The van der Waals surface area contributed by atoms with Gasteiger partial charge in [0, 0.05) is 18.7 Å². The van der Waals surface area contributed by atoms with Crippen LogP contribution < -0.4 is 24.8 Å². The molecule has 0 bridgehead atoms. The molecule has 192 valence electrons. The highest BCUT2D eigenvalue weighted by atomic mass is 35.5. The Balaban J connectivity index is 1.54. The first-order valence-electron chi connectivity index (χ1n) is 10.3. The minimum absolute atomic E-state index is 0.0623. The number of ether oxygens (including phenoxy) is 3. The fourth-order valence-electron chi connectivity index (χ4n) is 3.07. The van der Waals surface area contributed by atoms with Gasteiger partial charge in [0.25, 0.3) is 5.91 Å². The quantitative estimate of drug-likeness (QED) is 0.210. The van der Waals surface area contributed by atoms with E-state index in [2.05, 4.69) is 25.9 Å². The van der Waals surface area contributed by atoms with Gasteiger partial charge in [-0.1, -0.05) is 16.8 Å². The molecule has 3 aromatic rings. The van der Waals surface area contributed by atoms with Crippen molar-refractivity contribution in [3.63, 3.8) is 0 Å². The van der Waals surface area contributed by atoms with Crippen LogP contribution in [0.5, 0.6) is 17.2 Å². The number of nitrogens with one attached hydrogen (secondary N) is 2. The number of halogens is 1. The van der Waals surface area contributed by atoms with Crippen LogP contribution >= 0.6 is 11.6 Å². The molecule has 0 aliphatic rings. The number of carbonyl (C=O) groups is 2. The average molecular weight is 524 g/mol. The summed E-state index contributed by atoms with van der Waals surface area (Å²) in [6.45, 7) is 1.60. The lowest BCUT2D eigenvalue weighted by Crippen LogP contribution is -2.34. The minimum Gasteiger partial charge on any atom is -0.493 e. The van der Waals surface area contributed by atoms with Crippen molar-refractivity contribution >= 4 is 29.2 Å². The number of nitrogens with zero attached hydrogens (tertiary/aromatic N) is 5. The van der Waals surface area contributed by atoms with Crippen molar-refractivity contribution in [2.24, 2.45) is 0 Å². The van der Waals surface area contributed by atoms with Gasteiger partial charge < -0.3 is 39.5 Å². The van der Waals surface area contributed by atoms with Gasteiger partial charge in [0.1, 0.15) is 6.54 Å². The zero-order valence-electron chi connectivity index (χ0n) is 19.7. The molecule has 15 nitrogen and oxygen atoms in total. The lowest BCUT2D eigenvalue weighted by molar-refractivity contribution is -0.389. The average Bonchev–Trinajstić information content (AvgIpc) is 3.45. The molecule has 0 spiro atoms. The maximum Gasteiger partial charge on any atom is 0.408 e. The van der Waals surface area contributed by atoms with Gasteiger partial charge in [0.2, 0.25) is 5.75 Å². The Morgan fingerprint density at radius 2 is 1.72 bits per heavy atom. The zero-order valence-corrected chi connectivity index (χ0v) is 20.4. The molecule has 0 aliphatic carbocycles. The molecule has 2 aromatic heterocycles. The van der Waals surface area contributed by atoms with Gasteiger partial charge in [-0.3, -0.25) is 9.59 Å². The first-order valence-corrected chi connectivity index (χ1v) is 10.6. The molecule has 2 heterocycles. The SMILES string of the molecule is COc1cc(C(=O)NCCNC(=O)c2nc(Cn3nc([N+](=O)[O-])c(Cl)c3C)no2)cc(OC)c1OC. The normalized spacial score (nSPS) is 10.6. The van der Waals surface area contributed by atoms with Gasteiger partial charge >= 0.3 is 17.6 Å². The Kier molecular flexibility index (Phi) is 8.26. The van der Waals surface area contributed by atoms with Crippen molar-refractivity contribution in [3.8, 4) is 17.2 Å². The summed E-state index contributed by atoms with van der Waals surface area (Å²) in [5.74, 6) is -0.854. The maximum atomic E-state index is 12.5. The van der Waals surface area contributed by atoms with Crippen molar-refractivity contribution < 1.29 is 33.2 Å². The van der Waals surface area contributed by atoms with Crippen LogP contribution in [0.1, 0.15) is 32.6 Å². The number of methoxy groups -OCH3 is 3. The summed E-state index contributed by atoms with van der Waals surface area (Å²) >= 11 is 5.91. The van der Waals surface area contributed by atoms with Crippen LogP contribution in [0.2, 0.25) is 5.02 Å². The summed E-state index contributed by atoms with van der Waals surface area (Å²) in [4.78, 5) is 39.0. The summed E-state index contributed by atoms with van der Waals surface area (Å²) in [7, 11) is 4.33. The Bertz CT molecular complexity index is 1260. The van der Waals surface area contributed by atoms with E-state index >= 15 is 0 Å². The molecule has 2 N–H and O–H groups in total. The standard InChI is InChI=1S/C20H22ClN7O8/c1-10-15(21)17(28(31)32)25-27(10)9-14-24-20(36-26-14)19(30)23-6-5-22-18(29)11-7-12(33-2)16(35-4)13(8-11)34-3/h7-8H,5-6,9H2,1-4H3,(H,22,29)(H,23,30). The van der Waals surface area contributed by atoms with Crippen LogP contribution in [0, 0.1) is 17.0 Å². The predicted molar refractivity (Wildman–Crippen MR) is 123 cm³/mol. The van der Waals surface area contributed by atoms with Crippen molar-refractivity contribution in [2.45, 2.75) is 13.5 Å². The van der Waals surface area contributed by atoms with E-state index in [0.717, 1.165) is 0 Å². The number of aromatic nitrogens is 4. The van der Waals surface area contributed by atoms with Gasteiger partial charge in [-0.2, -0.15) is 9.67 Å². The van der Waals surface area contributed by atoms with Crippen LogP contribution in [0.4, 0.5) is 5.82 Å². The topological polar surface area (TPSA) is 186 Å². The van der Waals surface area contributed by atoms with Gasteiger partial charge in [0.05, 0.1) is 32.1 Å². The Morgan fingerprint density at radius 1 is 1.11 bits per heavy atom. The predicted octanol–water partition coefficient (Wildman–Crippen LogP) is 1.37. The van der Waals surface area contributed by atoms with E-state index in [0.29, 0.717) is 22.9 Å². The third-order valence-electron chi connectivity index (χ3n) is 4.87. The molecule has 1 aromatic carbocycles. The molecule has 0 atom stereocenters. The van der Waals surface area contributed by atoms with Crippen molar-refractivity contribution in [1.29, 1.82) is 0 Å². The smallest absolute Gasteiger partial charge is 0.408 e. The Hall–Kier alpha value is -4.40. The number of amides is 2. The number of benzene rings is 1. The molecule has 0 radical (unpaired) electrons. The molecule has 0 saturated carbocycles. The van der Waals surface area contributed by atoms with E-state index in [4.69, 9.17) is 30.3 Å². The number of rotatable bonds is 11. The van der Waals surface area contributed by atoms with E-state index in [-0.39, 0.29) is 41.9 Å². The summed E-state index contributed by atoms with van der Waals surface area (Å²) in [5, 5.41) is 23.5. The second-order valence-electron chi connectivity index (χ2n) is 7.08. The van der Waals surface area contributed by atoms with Crippen LogP contribution in [-0.4, -0.2) is 71.1 Å². The number of nitro groups is 1. The van der Waals surface area contributed by atoms with E-state index in [1.807, 2.05) is 0 Å². The molecular formula is C20H22ClN7O8. The van der Waals surface area contributed by atoms with Crippen molar-refractivity contribution in [2.75, 3.05) is 34.4 Å². The van der Waals surface area contributed by atoms with E-state index in [9.17, 15) is 19.7 Å². The first-order chi connectivity index (χ1) is 17.2. The molecule has 36 heavy (non-hydrogen) atoms. The van der Waals surface area contributed by atoms with Gasteiger partial charge in [-0.25, -0.2) is 0 Å². The highest BCUT2D eigenvalue weighted by molar-refractivity contribution is 6.33. The lowest BCUT2D eigenvalue weighted by atomic mass is 10.1. The molecule has 2 amide bonds. The fourth-order valence-corrected chi connectivity index (χ4v) is 3.27. The highest BCUT2D eigenvalue weighted by Crippen LogP contribution is 2.38. The van der Waals surface area contributed by atoms with Crippen molar-refractivity contribution in [3.05, 3.63) is 50.2 Å². The van der Waals surface area contributed by atoms with Crippen LogP contribution in [0.25, 0.3) is 0 Å². The fraction of sp³-hybridized carbons (Fsp3) is 0.350. The minimum atomic E-state index is -0.707. The number of hydrogen-bond donors (Lipinski definition) is 2. The zero-order chi connectivity index (χ0) is 26.4. The van der Waals surface area contributed by atoms with E-state index in [1.165, 1.54) is 38.1 Å². The summed E-state index contributed by atoms with van der Waals surface area (Å²) < 4.78 is 21.9. The molecule has 0 unspecified atom stereocenters. The molecule has 16 heteroatoms. The monoisotopic (exact) mass is 523 g/mol. The van der Waals surface area contributed by atoms with Crippen LogP contribution in [-0.2, 0) is 6.54 Å². The van der Waals surface area contributed by atoms with E-state index < -0.39 is 22.6 Å². The van der Waals surface area contributed by atoms with Gasteiger partial charge in [-0.05, 0) is 24.0 Å². The Labute approximate surface area is 208 Å². The summed E-state index contributed by atoms with van der Waals surface area (Å²) in [5.41, 5.74) is 0.605. The van der Waals surface area contributed by atoms with Gasteiger partial charge in [0.15, 0.2) is 22.3 Å². The molecule has 0 aliphatic heterocycles. The molecule has 0 fully saturated rings.